The molecule has 7 nitrogen and oxygen atoms in total. The van der Waals surface area contributed by atoms with Gasteiger partial charge in [-0.3, -0.25) is 0 Å². The second-order valence-corrected chi connectivity index (χ2v) is 11.5. The van der Waals surface area contributed by atoms with Crippen molar-refractivity contribution >= 4 is 43.8 Å². The van der Waals surface area contributed by atoms with Crippen molar-refractivity contribution in [3.8, 4) is 11.5 Å². The van der Waals surface area contributed by atoms with Gasteiger partial charge in [-0.15, -0.1) is 0 Å². The number of sulfonamides is 1. The van der Waals surface area contributed by atoms with Crippen LogP contribution in [-0.2, 0) is 16.6 Å². The van der Waals surface area contributed by atoms with Gasteiger partial charge >= 0.3 is 0 Å². The van der Waals surface area contributed by atoms with Gasteiger partial charge < -0.3 is 14.8 Å². The number of thiazole rings is 1. The highest BCUT2D eigenvalue weighted by atomic mass is 35.5. The summed E-state index contributed by atoms with van der Waals surface area (Å²) < 4.78 is 82.4. The minimum absolute atomic E-state index is 0.0625. The van der Waals surface area contributed by atoms with Gasteiger partial charge in [0.05, 0.1) is 43.7 Å². The lowest BCUT2D eigenvalue weighted by Gasteiger charge is -2.24. The molecule has 4 aromatic rings. The van der Waals surface area contributed by atoms with E-state index in [-0.39, 0.29) is 22.4 Å². The molecule has 0 aliphatic heterocycles. The van der Waals surface area contributed by atoms with E-state index in [2.05, 4.69) is 10.3 Å². The van der Waals surface area contributed by atoms with Gasteiger partial charge in [0, 0.05) is 17.2 Å². The number of anilines is 2. The van der Waals surface area contributed by atoms with E-state index < -0.39 is 37.7 Å². The lowest BCUT2D eigenvalue weighted by atomic mass is 10.1. The number of halogens is 4. The topological polar surface area (TPSA) is 80.8 Å². The summed E-state index contributed by atoms with van der Waals surface area (Å²) in [6, 6.07) is 12.0. The van der Waals surface area contributed by atoms with Gasteiger partial charge in [0.1, 0.15) is 28.0 Å². The van der Waals surface area contributed by atoms with Crippen molar-refractivity contribution in [3.05, 3.63) is 93.7 Å². The fraction of sp³-hybridized carbons (Fsp3) is 0.192. The molecule has 13 heteroatoms. The molecule has 0 fully saturated rings. The van der Waals surface area contributed by atoms with Crippen LogP contribution in [0, 0.1) is 16.8 Å². The Balaban J connectivity index is 1.73. The van der Waals surface area contributed by atoms with Crippen LogP contribution in [-0.4, -0.2) is 27.6 Å². The molecule has 0 amide bonds. The number of ether oxygens (including phenoxy) is 2. The summed E-state index contributed by atoms with van der Waals surface area (Å²) in [5, 5.41) is 1.83. The second-order valence-electron chi connectivity index (χ2n) is 8.29. The van der Waals surface area contributed by atoms with Crippen LogP contribution in [0.3, 0.4) is 0 Å². The van der Waals surface area contributed by atoms with E-state index in [0.717, 1.165) is 22.6 Å². The second kappa shape index (κ2) is 11.7. The van der Waals surface area contributed by atoms with Crippen LogP contribution in [0.15, 0.2) is 65.7 Å². The summed E-state index contributed by atoms with van der Waals surface area (Å²) in [6.45, 7) is 1.29. The summed E-state index contributed by atoms with van der Waals surface area (Å²) in [5.74, 6) is -0.817. The molecular formula is C26H23ClF3N3O4S2. The number of hydrogen-bond acceptors (Lipinski definition) is 7. The molecule has 39 heavy (non-hydrogen) atoms. The Morgan fingerprint density at radius 1 is 1.05 bits per heavy atom. The first-order chi connectivity index (χ1) is 18.5. The number of benzene rings is 3. The SMILES string of the molecule is COc1ccc(CN(c2ncc(F)s2)S(=O)(=O)c2cc(Cl)c(N[C@@H](C)c3ccccc3F)cc2F)c(OC)c1. The zero-order valence-corrected chi connectivity index (χ0v) is 23.3. The van der Waals surface area contributed by atoms with E-state index >= 15 is 4.39 Å². The van der Waals surface area contributed by atoms with Crippen molar-refractivity contribution in [1.82, 2.24) is 4.98 Å². The average Bonchev–Trinajstić information content (AvgIpc) is 3.34. The smallest absolute Gasteiger partial charge is 0.269 e. The van der Waals surface area contributed by atoms with Crippen LogP contribution in [0.2, 0.25) is 5.02 Å². The highest BCUT2D eigenvalue weighted by molar-refractivity contribution is 7.93. The summed E-state index contributed by atoms with van der Waals surface area (Å²) >= 11 is 6.84. The number of nitrogens with zero attached hydrogens (tertiary/aromatic N) is 2. The highest BCUT2D eigenvalue weighted by Crippen LogP contribution is 2.36. The van der Waals surface area contributed by atoms with Crippen LogP contribution in [0.1, 0.15) is 24.1 Å². The molecule has 1 atom stereocenters. The Morgan fingerprint density at radius 3 is 2.44 bits per heavy atom. The number of nitrogens with one attached hydrogen (secondary N) is 1. The minimum Gasteiger partial charge on any atom is -0.497 e. The van der Waals surface area contributed by atoms with E-state index in [1.807, 2.05) is 0 Å². The third-order valence-electron chi connectivity index (χ3n) is 5.82. The molecular weight excluding hydrogens is 575 g/mol. The Kier molecular flexibility index (Phi) is 8.57. The Morgan fingerprint density at radius 2 is 1.79 bits per heavy atom. The van der Waals surface area contributed by atoms with Crippen LogP contribution in [0.5, 0.6) is 11.5 Å². The quantitative estimate of drug-likeness (QED) is 0.217. The third-order valence-corrected chi connectivity index (χ3v) is 8.81. The average molecular weight is 598 g/mol. The molecule has 0 aliphatic rings. The Hall–Kier alpha value is -3.48. The van der Waals surface area contributed by atoms with Gasteiger partial charge in [-0.1, -0.05) is 41.1 Å². The molecule has 0 bridgehead atoms. The maximum Gasteiger partial charge on any atom is 0.269 e. The van der Waals surface area contributed by atoms with Crippen LogP contribution >= 0.6 is 22.9 Å². The van der Waals surface area contributed by atoms with Crippen LogP contribution in [0.4, 0.5) is 24.0 Å². The van der Waals surface area contributed by atoms with Gasteiger partial charge in [0.25, 0.3) is 10.0 Å². The third kappa shape index (κ3) is 6.07. The van der Waals surface area contributed by atoms with Crippen LogP contribution in [0.25, 0.3) is 0 Å². The summed E-state index contributed by atoms with van der Waals surface area (Å²) in [6.07, 6.45) is 0.869. The van der Waals surface area contributed by atoms with Gasteiger partial charge in [-0.25, -0.2) is 26.5 Å². The lowest BCUT2D eigenvalue weighted by Crippen LogP contribution is -2.31. The minimum atomic E-state index is -4.66. The molecule has 4 rings (SSSR count). The fourth-order valence-corrected chi connectivity index (χ4v) is 6.46. The molecule has 1 N–H and O–H groups in total. The molecule has 0 radical (unpaired) electrons. The lowest BCUT2D eigenvalue weighted by molar-refractivity contribution is 0.391. The first-order valence-corrected chi connectivity index (χ1v) is 14.0. The monoisotopic (exact) mass is 597 g/mol. The number of aromatic nitrogens is 1. The van der Waals surface area contributed by atoms with Crippen molar-refractivity contribution < 1.29 is 31.1 Å². The van der Waals surface area contributed by atoms with Crippen molar-refractivity contribution in [1.29, 1.82) is 0 Å². The molecule has 1 heterocycles. The van der Waals surface area contributed by atoms with E-state index in [0.29, 0.717) is 34.0 Å². The molecule has 0 spiro atoms. The predicted molar refractivity (Wildman–Crippen MR) is 145 cm³/mol. The van der Waals surface area contributed by atoms with E-state index in [1.54, 1.807) is 43.3 Å². The zero-order valence-electron chi connectivity index (χ0n) is 20.9. The van der Waals surface area contributed by atoms with Gasteiger partial charge in [-0.2, -0.15) is 4.39 Å². The standard InChI is InChI=1S/C26H23ClF3N3O4S2/c1-15(18-6-4-5-7-20(18)28)32-22-12-21(29)24(11-19(22)27)39(34,35)33(26-31-13-25(30)38-26)14-16-8-9-17(36-2)10-23(16)37-3/h4-13,15,32H,14H2,1-3H3/t15-/m0/s1. The largest absolute Gasteiger partial charge is 0.497 e. The van der Waals surface area contributed by atoms with Gasteiger partial charge in [-0.05, 0) is 37.3 Å². The number of methoxy groups -OCH3 is 2. The van der Waals surface area contributed by atoms with E-state index in [9.17, 15) is 17.2 Å². The number of hydrogen-bond donors (Lipinski definition) is 1. The molecule has 0 aliphatic carbocycles. The summed E-state index contributed by atoms with van der Waals surface area (Å²) in [4.78, 5) is 3.12. The fourth-order valence-electron chi connectivity index (χ4n) is 3.85. The zero-order chi connectivity index (χ0) is 28.3. The molecule has 206 valence electrons. The molecule has 3 aromatic carbocycles. The first-order valence-electron chi connectivity index (χ1n) is 11.4. The first kappa shape index (κ1) is 28.5. The molecule has 0 unspecified atom stereocenters. The van der Waals surface area contributed by atoms with E-state index in [4.69, 9.17) is 21.1 Å². The van der Waals surface area contributed by atoms with Crippen molar-refractivity contribution in [3.63, 3.8) is 0 Å². The summed E-state index contributed by atoms with van der Waals surface area (Å²) in [7, 11) is -1.80. The summed E-state index contributed by atoms with van der Waals surface area (Å²) in [5.41, 5.74) is 0.768. The van der Waals surface area contributed by atoms with Crippen molar-refractivity contribution in [2.24, 2.45) is 0 Å². The molecule has 0 saturated heterocycles. The van der Waals surface area contributed by atoms with E-state index in [1.165, 1.54) is 20.3 Å². The normalized spacial score (nSPS) is 12.2. The highest BCUT2D eigenvalue weighted by Gasteiger charge is 2.32. The Labute approximate surface area is 232 Å². The predicted octanol–water partition coefficient (Wildman–Crippen LogP) is 6.80. The van der Waals surface area contributed by atoms with Gasteiger partial charge in [0.2, 0.25) is 5.13 Å². The van der Waals surface area contributed by atoms with Crippen molar-refractivity contribution in [2.45, 2.75) is 24.4 Å². The number of rotatable bonds is 10. The maximum atomic E-state index is 15.4. The van der Waals surface area contributed by atoms with Crippen LogP contribution < -0.4 is 19.1 Å². The Bertz CT molecular complexity index is 1600. The molecule has 0 saturated carbocycles. The van der Waals surface area contributed by atoms with Crippen molar-refractivity contribution in [2.75, 3.05) is 23.8 Å². The maximum absolute atomic E-state index is 15.4. The van der Waals surface area contributed by atoms with Gasteiger partial charge in [0.15, 0.2) is 5.13 Å². The molecule has 1 aromatic heterocycles.